The topological polar surface area (TPSA) is 47.3 Å². The van der Waals surface area contributed by atoms with Gasteiger partial charge >= 0.3 is 0 Å². The summed E-state index contributed by atoms with van der Waals surface area (Å²) in [4.78, 5) is 0. The van der Waals surface area contributed by atoms with Gasteiger partial charge in [-0.3, -0.25) is 0 Å². The lowest BCUT2D eigenvalue weighted by Crippen LogP contribution is -2.03. The van der Waals surface area contributed by atoms with Gasteiger partial charge in [-0.15, -0.1) is 0 Å². The van der Waals surface area contributed by atoms with Gasteiger partial charge in [-0.05, 0) is 37.3 Å². The van der Waals surface area contributed by atoms with Gasteiger partial charge in [0, 0.05) is 30.1 Å². The van der Waals surface area contributed by atoms with Crippen molar-refractivity contribution in [2.24, 2.45) is 0 Å². The third-order valence-electron chi connectivity index (χ3n) is 3.01. The maximum Gasteiger partial charge on any atom is 0.123 e. The summed E-state index contributed by atoms with van der Waals surface area (Å²) in [7, 11) is 0. The van der Waals surface area contributed by atoms with Crippen LogP contribution in [-0.4, -0.2) is 25.2 Å². The first-order chi connectivity index (χ1) is 9.76. The molecule has 0 aliphatic heterocycles. The van der Waals surface area contributed by atoms with E-state index < -0.39 is 0 Å². The molecule has 0 fully saturated rings. The second kappa shape index (κ2) is 10.7. The lowest BCUT2D eigenvalue weighted by Gasteiger charge is -2.11. The van der Waals surface area contributed by atoms with Gasteiger partial charge in [-0.25, -0.2) is 0 Å². The lowest BCUT2D eigenvalue weighted by atomic mass is 10.2. The molecule has 0 amide bonds. The first kappa shape index (κ1) is 17.0. The molecule has 0 aliphatic carbocycles. The molecule has 0 heterocycles. The summed E-state index contributed by atoms with van der Waals surface area (Å²) in [6.45, 7) is 3.83. The van der Waals surface area contributed by atoms with Gasteiger partial charge in [0.2, 0.25) is 0 Å². The van der Waals surface area contributed by atoms with Crippen LogP contribution in [0.25, 0.3) is 0 Å². The van der Waals surface area contributed by atoms with Crippen LogP contribution in [0.4, 0.5) is 11.4 Å². The Kier molecular flexibility index (Phi) is 9.13. The lowest BCUT2D eigenvalue weighted by molar-refractivity contribution is 0.318. The zero-order chi connectivity index (χ0) is 14.6. The monoisotopic (exact) mass is 296 g/mol. The quantitative estimate of drug-likeness (QED) is 0.469. The minimum absolute atomic E-state index is 0.734. The number of nitrogen functional groups attached to an aromatic ring is 1. The third-order valence-corrected chi connectivity index (χ3v) is 3.70. The van der Waals surface area contributed by atoms with Crippen molar-refractivity contribution in [1.82, 2.24) is 0 Å². The Labute approximate surface area is 127 Å². The predicted molar refractivity (Wildman–Crippen MR) is 92.0 cm³/mol. The highest BCUT2D eigenvalue weighted by Crippen LogP contribution is 2.22. The number of hydrogen-bond acceptors (Lipinski definition) is 4. The normalized spacial score (nSPS) is 10.5. The van der Waals surface area contributed by atoms with Crippen LogP contribution in [0.1, 0.15) is 39.0 Å². The summed E-state index contributed by atoms with van der Waals surface area (Å²) in [6, 6.07) is 5.87. The Morgan fingerprint density at radius 2 is 1.95 bits per heavy atom. The highest BCUT2D eigenvalue weighted by atomic mass is 32.2. The molecule has 0 saturated heterocycles. The third kappa shape index (κ3) is 7.53. The summed E-state index contributed by atoms with van der Waals surface area (Å²) in [5, 5.41) is 3.43. The highest BCUT2D eigenvalue weighted by molar-refractivity contribution is 7.98. The molecule has 4 heteroatoms. The van der Waals surface area contributed by atoms with E-state index in [2.05, 4.69) is 18.5 Å². The van der Waals surface area contributed by atoms with Gasteiger partial charge in [0.25, 0.3) is 0 Å². The zero-order valence-electron chi connectivity index (χ0n) is 12.8. The molecule has 0 radical (unpaired) electrons. The zero-order valence-corrected chi connectivity index (χ0v) is 13.6. The largest absolute Gasteiger partial charge is 0.493 e. The summed E-state index contributed by atoms with van der Waals surface area (Å²) >= 11 is 1.93. The van der Waals surface area contributed by atoms with Gasteiger partial charge in [0.15, 0.2) is 0 Å². The first-order valence-corrected chi connectivity index (χ1v) is 8.91. The van der Waals surface area contributed by atoms with Crippen LogP contribution in [0, 0.1) is 0 Å². The van der Waals surface area contributed by atoms with E-state index in [0.29, 0.717) is 0 Å². The first-order valence-electron chi connectivity index (χ1n) is 7.52. The smallest absolute Gasteiger partial charge is 0.123 e. The van der Waals surface area contributed by atoms with Crippen LogP contribution >= 0.6 is 11.8 Å². The van der Waals surface area contributed by atoms with Crippen molar-refractivity contribution >= 4 is 23.1 Å². The van der Waals surface area contributed by atoms with Crippen LogP contribution in [0.3, 0.4) is 0 Å². The van der Waals surface area contributed by atoms with Crippen molar-refractivity contribution in [2.75, 3.05) is 36.2 Å². The van der Waals surface area contributed by atoms with Gasteiger partial charge < -0.3 is 15.8 Å². The van der Waals surface area contributed by atoms with Gasteiger partial charge in [-0.2, -0.15) is 11.8 Å². The van der Waals surface area contributed by atoms with E-state index >= 15 is 0 Å². The van der Waals surface area contributed by atoms with Crippen molar-refractivity contribution in [2.45, 2.75) is 39.0 Å². The molecule has 0 aromatic heterocycles. The van der Waals surface area contributed by atoms with Crippen LogP contribution < -0.4 is 15.8 Å². The maximum absolute atomic E-state index is 5.89. The molecule has 1 aromatic rings. The van der Waals surface area contributed by atoms with Crippen molar-refractivity contribution < 1.29 is 4.74 Å². The fraction of sp³-hybridized carbons (Fsp3) is 0.625. The molecule has 0 bridgehead atoms. The number of thioether (sulfide) groups is 1. The number of rotatable bonds is 11. The molecule has 1 rings (SSSR count). The Balaban J connectivity index is 2.26. The minimum atomic E-state index is 0.734. The average Bonchev–Trinajstić information content (AvgIpc) is 2.43. The second-order valence-corrected chi connectivity index (χ2v) is 5.96. The molecule has 0 aliphatic rings. The van der Waals surface area contributed by atoms with E-state index in [9.17, 15) is 0 Å². The molecule has 0 unspecified atom stereocenters. The van der Waals surface area contributed by atoms with Crippen LogP contribution in [0.2, 0.25) is 0 Å². The standard InChI is InChI=1S/C16H28N2OS/c1-3-9-19-16-12-14(17)11-15(13-16)18-8-6-4-5-7-10-20-2/h11-13,18H,3-10,17H2,1-2H3. The predicted octanol–water partition coefficient (Wildman–Crippen LogP) is 4.39. The van der Waals surface area contributed by atoms with E-state index in [4.69, 9.17) is 10.5 Å². The summed E-state index contributed by atoms with van der Waals surface area (Å²) in [6.07, 6.45) is 8.31. The fourth-order valence-corrected chi connectivity index (χ4v) is 2.48. The molecule has 20 heavy (non-hydrogen) atoms. The highest BCUT2D eigenvalue weighted by Gasteiger charge is 2.00. The van der Waals surface area contributed by atoms with Crippen molar-refractivity contribution in [3.05, 3.63) is 18.2 Å². The van der Waals surface area contributed by atoms with Crippen molar-refractivity contribution in [3.63, 3.8) is 0 Å². The number of anilines is 2. The number of hydrogen-bond donors (Lipinski definition) is 2. The summed E-state index contributed by atoms with van der Waals surface area (Å²) in [5.41, 5.74) is 7.70. The summed E-state index contributed by atoms with van der Waals surface area (Å²) < 4.78 is 5.63. The average molecular weight is 296 g/mol. The van der Waals surface area contributed by atoms with E-state index in [1.165, 1.54) is 31.4 Å². The van der Waals surface area contributed by atoms with Crippen LogP contribution in [0.5, 0.6) is 5.75 Å². The van der Waals surface area contributed by atoms with Gasteiger partial charge in [0.1, 0.15) is 5.75 Å². The molecular formula is C16H28N2OS. The van der Waals surface area contributed by atoms with Crippen LogP contribution in [-0.2, 0) is 0 Å². The van der Waals surface area contributed by atoms with Crippen molar-refractivity contribution in [3.8, 4) is 5.75 Å². The summed E-state index contributed by atoms with van der Waals surface area (Å²) in [5.74, 6) is 2.13. The number of nitrogens with two attached hydrogens (primary N) is 1. The SMILES string of the molecule is CCCOc1cc(N)cc(NCCCCCCSC)c1. The number of unbranched alkanes of at least 4 members (excludes halogenated alkanes) is 3. The fourth-order valence-electron chi connectivity index (χ4n) is 1.99. The van der Waals surface area contributed by atoms with Gasteiger partial charge in [-0.1, -0.05) is 19.8 Å². The molecule has 0 atom stereocenters. The Morgan fingerprint density at radius 1 is 1.15 bits per heavy atom. The van der Waals surface area contributed by atoms with E-state index in [0.717, 1.165) is 36.7 Å². The van der Waals surface area contributed by atoms with E-state index in [1.54, 1.807) is 0 Å². The second-order valence-electron chi connectivity index (χ2n) is 4.97. The van der Waals surface area contributed by atoms with E-state index in [1.807, 2.05) is 30.0 Å². The van der Waals surface area contributed by atoms with Gasteiger partial charge in [0.05, 0.1) is 6.61 Å². The molecule has 0 spiro atoms. The number of benzene rings is 1. The molecule has 0 saturated carbocycles. The Hall–Kier alpha value is -1.03. The maximum atomic E-state index is 5.89. The molecule has 3 nitrogen and oxygen atoms in total. The molecule has 3 N–H and O–H groups in total. The van der Waals surface area contributed by atoms with Crippen LogP contribution in [0.15, 0.2) is 18.2 Å². The Bertz CT molecular complexity index is 371. The molecular weight excluding hydrogens is 268 g/mol. The van der Waals surface area contributed by atoms with E-state index in [-0.39, 0.29) is 0 Å². The molecule has 1 aromatic carbocycles. The number of nitrogens with one attached hydrogen (secondary N) is 1. The van der Waals surface area contributed by atoms with Crippen molar-refractivity contribution in [1.29, 1.82) is 0 Å². The number of ether oxygens (including phenoxy) is 1. The molecule has 114 valence electrons. The Morgan fingerprint density at radius 3 is 2.70 bits per heavy atom. The minimum Gasteiger partial charge on any atom is -0.493 e.